The molecule has 2 aliphatic rings. The molecule has 0 aromatic rings. The first kappa shape index (κ1) is 13.3. The lowest BCUT2D eigenvalue weighted by molar-refractivity contribution is -0.0969. The summed E-state index contributed by atoms with van der Waals surface area (Å²) in [4.78, 5) is 2.36. The van der Waals surface area contributed by atoms with Crippen molar-refractivity contribution in [1.29, 1.82) is 0 Å². The summed E-state index contributed by atoms with van der Waals surface area (Å²) in [7, 11) is 0. The minimum Gasteiger partial charge on any atom is -0.392 e. The Labute approximate surface area is 105 Å². The van der Waals surface area contributed by atoms with Crippen LogP contribution in [0.15, 0.2) is 0 Å². The van der Waals surface area contributed by atoms with Gasteiger partial charge in [-0.1, -0.05) is 19.3 Å². The van der Waals surface area contributed by atoms with Gasteiger partial charge in [0, 0.05) is 19.6 Å². The van der Waals surface area contributed by atoms with Crippen LogP contribution >= 0.6 is 0 Å². The Balaban J connectivity index is 1.79. The number of β-amino-alcohol motifs (C(OH)–C–C–N with tert-alkyl or cyclic N) is 1. The summed E-state index contributed by atoms with van der Waals surface area (Å²) in [5.41, 5.74) is -0.0511. The average molecular weight is 241 g/mol. The molecule has 0 spiro atoms. The van der Waals surface area contributed by atoms with E-state index in [1.54, 1.807) is 0 Å². The number of hydrogen-bond donors (Lipinski definition) is 1. The van der Waals surface area contributed by atoms with Crippen molar-refractivity contribution in [2.24, 2.45) is 5.92 Å². The summed E-state index contributed by atoms with van der Waals surface area (Å²) in [5.74, 6) is 0.537. The Morgan fingerprint density at radius 2 is 2.00 bits per heavy atom. The monoisotopic (exact) mass is 241 g/mol. The number of morpholine rings is 1. The summed E-state index contributed by atoms with van der Waals surface area (Å²) < 4.78 is 5.70. The number of rotatable bonds is 3. The van der Waals surface area contributed by atoms with Crippen LogP contribution < -0.4 is 0 Å². The Hall–Kier alpha value is -0.120. The Kier molecular flexibility index (Phi) is 4.45. The summed E-state index contributed by atoms with van der Waals surface area (Å²) in [6, 6.07) is 0. The van der Waals surface area contributed by atoms with E-state index in [1.165, 1.54) is 32.1 Å². The fourth-order valence-electron chi connectivity index (χ4n) is 3.20. The molecule has 1 saturated carbocycles. The second kappa shape index (κ2) is 5.68. The number of ether oxygens (including phenoxy) is 1. The van der Waals surface area contributed by atoms with Gasteiger partial charge < -0.3 is 9.84 Å². The lowest BCUT2D eigenvalue weighted by atomic mass is 9.85. The van der Waals surface area contributed by atoms with Crippen LogP contribution in [0, 0.1) is 5.92 Å². The van der Waals surface area contributed by atoms with Crippen LogP contribution in [0.1, 0.15) is 46.0 Å². The van der Waals surface area contributed by atoms with Gasteiger partial charge in [0.25, 0.3) is 0 Å². The van der Waals surface area contributed by atoms with Crippen molar-refractivity contribution in [3.63, 3.8) is 0 Å². The molecule has 1 unspecified atom stereocenters. The van der Waals surface area contributed by atoms with E-state index in [1.807, 2.05) is 0 Å². The van der Waals surface area contributed by atoms with E-state index in [0.29, 0.717) is 5.92 Å². The van der Waals surface area contributed by atoms with Crippen molar-refractivity contribution >= 4 is 0 Å². The molecule has 1 saturated heterocycles. The second-order valence-electron chi connectivity index (χ2n) is 6.31. The van der Waals surface area contributed by atoms with Gasteiger partial charge in [-0.2, -0.15) is 0 Å². The Morgan fingerprint density at radius 1 is 1.29 bits per heavy atom. The van der Waals surface area contributed by atoms with Crippen molar-refractivity contribution in [3.8, 4) is 0 Å². The first-order valence-corrected chi connectivity index (χ1v) is 7.11. The maximum Gasteiger partial charge on any atom is 0.0753 e. The molecule has 1 aliphatic heterocycles. The quantitative estimate of drug-likeness (QED) is 0.821. The highest BCUT2D eigenvalue weighted by atomic mass is 16.5. The molecule has 2 rings (SSSR count). The Morgan fingerprint density at radius 3 is 2.65 bits per heavy atom. The molecule has 0 aromatic carbocycles. The number of nitrogens with zero attached hydrogens (tertiary/aromatic N) is 1. The highest BCUT2D eigenvalue weighted by molar-refractivity contribution is 4.82. The third-order valence-corrected chi connectivity index (χ3v) is 4.14. The number of aliphatic hydroxyl groups is 1. The first-order valence-electron chi connectivity index (χ1n) is 7.11. The van der Waals surface area contributed by atoms with Crippen LogP contribution in [-0.4, -0.2) is 48.0 Å². The molecular formula is C14H27NO2. The summed E-state index contributed by atoms with van der Waals surface area (Å²) in [5, 5.41) is 10.3. The molecule has 3 nitrogen and oxygen atoms in total. The van der Waals surface area contributed by atoms with E-state index in [4.69, 9.17) is 4.74 Å². The van der Waals surface area contributed by atoms with E-state index in [0.717, 1.165) is 26.2 Å². The van der Waals surface area contributed by atoms with Crippen LogP contribution in [0.5, 0.6) is 0 Å². The zero-order valence-electron chi connectivity index (χ0n) is 11.3. The van der Waals surface area contributed by atoms with Crippen LogP contribution in [0.3, 0.4) is 0 Å². The van der Waals surface area contributed by atoms with E-state index in [2.05, 4.69) is 18.7 Å². The van der Waals surface area contributed by atoms with Crippen molar-refractivity contribution in [3.05, 3.63) is 0 Å². The highest BCUT2D eigenvalue weighted by Gasteiger charge is 2.30. The fourth-order valence-corrected chi connectivity index (χ4v) is 3.20. The van der Waals surface area contributed by atoms with Gasteiger partial charge in [0.05, 0.1) is 18.3 Å². The molecule has 1 N–H and O–H groups in total. The van der Waals surface area contributed by atoms with Crippen LogP contribution in [-0.2, 0) is 4.74 Å². The minimum absolute atomic E-state index is 0.0511. The molecule has 0 amide bonds. The predicted molar refractivity (Wildman–Crippen MR) is 69.1 cm³/mol. The summed E-state index contributed by atoms with van der Waals surface area (Å²) in [6.07, 6.45) is 6.26. The summed E-state index contributed by atoms with van der Waals surface area (Å²) in [6.45, 7) is 7.80. The van der Waals surface area contributed by atoms with Crippen molar-refractivity contribution in [1.82, 2.24) is 4.90 Å². The lowest BCUT2D eigenvalue weighted by Gasteiger charge is -2.40. The normalized spacial score (nSPS) is 29.1. The zero-order chi connectivity index (χ0) is 12.3. The smallest absolute Gasteiger partial charge is 0.0753 e. The SMILES string of the molecule is CC1(C)CN(CC(O)C2CCCCC2)CCO1. The molecule has 1 atom stereocenters. The van der Waals surface area contributed by atoms with Crippen molar-refractivity contribution in [2.75, 3.05) is 26.2 Å². The Bertz CT molecular complexity index is 236. The van der Waals surface area contributed by atoms with Gasteiger partial charge in [0.15, 0.2) is 0 Å². The second-order valence-corrected chi connectivity index (χ2v) is 6.31. The van der Waals surface area contributed by atoms with Crippen LogP contribution in [0.25, 0.3) is 0 Å². The third-order valence-electron chi connectivity index (χ3n) is 4.14. The van der Waals surface area contributed by atoms with Crippen LogP contribution in [0.2, 0.25) is 0 Å². The maximum atomic E-state index is 10.3. The zero-order valence-corrected chi connectivity index (χ0v) is 11.3. The van der Waals surface area contributed by atoms with E-state index in [9.17, 15) is 5.11 Å². The van der Waals surface area contributed by atoms with E-state index < -0.39 is 0 Å². The molecule has 3 heteroatoms. The van der Waals surface area contributed by atoms with Gasteiger partial charge in [-0.15, -0.1) is 0 Å². The minimum atomic E-state index is -0.135. The molecule has 100 valence electrons. The van der Waals surface area contributed by atoms with Crippen LogP contribution in [0.4, 0.5) is 0 Å². The van der Waals surface area contributed by atoms with Gasteiger partial charge >= 0.3 is 0 Å². The van der Waals surface area contributed by atoms with Gasteiger partial charge in [-0.05, 0) is 32.6 Å². The van der Waals surface area contributed by atoms with Crippen molar-refractivity contribution < 1.29 is 9.84 Å². The fraction of sp³-hybridized carbons (Fsp3) is 1.00. The van der Waals surface area contributed by atoms with Gasteiger partial charge in [-0.25, -0.2) is 0 Å². The average Bonchev–Trinajstić information content (AvgIpc) is 2.29. The highest BCUT2D eigenvalue weighted by Crippen LogP contribution is 2.27. The van der Waals surface area contributed by atoms with Crippen molar-refractivity contribution in [2.45, 2.75) is 57.7 Å². The molecule has 0 aromatic heterocycles. The largest absolute Gasteiger partial charge is 0.392 e. The van der Waals surface area contributed by atoms with Gasteiger partial charge in [-0.3, -0.25) is 4.90 Å². The van der Waals surface area contributed by atoms with Gasteiger partial charge in [0.1, 0.15) is 0 Å². The number of hydrogen-bond acceptors (Lipinski definition) is 3. The third kappa shape index (κ3) is 3.94. The molecule has 0 bridgehead atoms. The molecule has 1 heterocycles. The molecular weight excluding hydrogens is 214 g/mol. The molecule has 17 heavy (non-hydrogen) atoms. The van der Waals surface area contributed by atoms with Gasteiger partial charge in [0.2, 0.25) is 0 Å². The lowest BCUT2D eigenvalue weighted by Crippen LogP contribution is -2.51. The standard InChI is InChI=1S/C14H27NO2/c1-14(2)11-15(8-9-17-14)10-13(16)12-6-4-3-5-7-12/h12-13,16H,3-11H2,1-2H3. The summed E-state index contributed by atoms with van der Waals surface area (Å²) >= 11 is 0. The predicted octanol–water partition coefficient (Wildman–Crippen LogP) is 2.04. The van der Waals surface area contributed by atoms with E-state index >= 15 is 0 Å². The number of aliphatic hydroxyl groups excluding tert-OH is 1. The molecule has 0 radical (unpaired) electrons. The molecule has 1 aliphatic carbocycles. The first-order chi connectivity index (χ1) is 8.07. The maximum absolute atomic E-state index is 10.3. The topological polar surface area (TPSA) is 32.7 Å². The molecule has 2 fully saturated rings. The van der Waals surface area contributed by atoms with E-state index in [-0.39, 0.29) is 11.7 Å².